The number of hydrogen-bond donors (Lipinski definition) is 3. The lowest BCUT2D eigenvalue weighted by atomic mass is 9.44. The Morgan fingerprint density at radius 2 is 1.40 bits per heavy atom. The van der Waals surface area contributed by atoms with Gasteiger partial charge in [0.15, 0.2) is 17.5 Å². The first-order valence-corrected chi connectivity index (χ1v) is 23.8. The fourth-order valence-corrected chi connectivity index (χ4v) is 11.3. The van der Waals surface area contributed by atoms with E-state index in [1.54, 1.807) is 66.7 Å². The molecule has 0 radical (unpaired) electrons. The van der Waals surface area contributed by atoms with E-state index in [1.807, 2.05) is 0 Å². The van der Waals surface area contributed by atoms with E-state index in [0.717, 1.165) is 30.9 Å². The highest BCUT2D eigenvalue weighted by molar-refractivity contribution is 6.13. The van der Waals surface area contributed by atoms with E-state index in [2.05, 4.69) is 5.32 Å². The molecule has 0 spiro atoms. The Hall–Kier alpha value is -7.35. The van der Waals surface area contributed by atoms with Gasteiger partial charge in [-0.25, -0.2) is 9.59 Å². The van der Waals surface area contributed by atoms with Crippen LogP contribution in [-0.4, -0.2) is 129 Å². The Bertz CT molecular complexity index is 2780. The quantitative estimate of drug-likeness (QED) is 0.0901. The Balaban J connectivity index is 1.28. The lowest BCUT2D eigenvalue weighted by Crippen LogP contribution is -2.82. The fourth-order valence-electron chi connectivity index (χ4n) is 11.3. The second-order valence-corrected chi connectivity index (χ2v) is 19.7. The molecule has 19 nitrogen and oxygen atoms in total. The predicted molar refractivity (Wildman–Crippen MR) is 252 cm³/mol. The first-order chi connectivity index (χ1) is 34.5. The van der Waals surface area contributed by atoms with E-state index in [9.17, 15) is 43.8 Å². The molecule has 2 aliphatic heterocycles. The second-order valence-electron chi connectivity index (χ2n) is 19.7. The molecule has 3 aromatic rings. The van der Waals surface area contributed by atoms with Gasteiger partial charge in [-0.2, -0.15) is 0 Å². The summed E-state index contributed by atoms with van der Waals surface area (Å²) in [6, 6.07) is 22.2. The molecule has 3 amide bonds. The van der Waals surface area contributed by atoms with Crippen molar-refractivity contribution >= 4 is 53.4 Å². The summed E-state index contributed by atoms with van der Waals surface area (Å²) < 4.78 is 36.6. The van der Waals surface area contributed by atoms with Crippen LogP contribution in [0, 0.1) is 16.7 Å². The number of carbonyl (C=O) groups excluding carboxylic acids is 9. The Labute approximate surface area is 419 Å². The zero-order valence-corrected chi connectivity index (χ0v) is 40.9. The highest BCUT2D eigenvalue weighted by Crippen LogP contribution is 2.64. The van der Waals surface area contributed by atoms with E-state index in [0.29, 0.717) is 0 Å². The molecular formula is C54H56N2O17. The molecule has 2 heterocycles. The van der Waals surface area contributed by atoms with Crippen molar-refractivity contribution in [2.24, 2.45) is 16.7 Å². The summed E-state index contributed by atoms with van der Waals surface area (Å²) >= 11 is 0. The topological polar surface area (TPSA) is 265 Å². The molecule has 11 atom stereocenters. The number of fused-ring (bicyclic) bond motifs is 5. The predicted octanol–water partition coefficient (Wildman–Crippen LogP) is 3.60. The monoisotopic (exact) mass is 1000 g/mol. The van der Waals surface area contributed by atoms with Crippen LogP contribution in [0.5, 0.6) is 0 Å². The lowest BCUT2D eigenvalue weighted by Gasteiger charge is -2.67. The van der Waals surface area contributed by atoms with Crippen molar-refractivity contribution in [3.63, 3.8) is 0 Å². The van der Waals surface area contributed by atoms with Crippen LogP contribution in [0.4, 0.5) is 0 Å². The Morgan fingerprint density at radius 1 is 0.808 bits per heavy atom. The smallest absolute Gasteiger partial charge is 0.350 e. The number of Topliss-reactive ketones (excluding diaryl/α,β-unsaturated/α-hetero) is 1. The molecule has 2 saturated carbocycles. The van der Waals surface area contributed by atoms with Crippen molar-refractivity contribution in [2.75, 3.05) is 13.2 Å². The average molecular weight is 1010 g/mol. The molecule has 3 N–H and O–H groups in total. The van der Waals surface area contributed by atoms with Gasteiger partial charge < -0.3 is 44.0 Å². The zero-order valence-electron chi connectivity index (χ0n) is 40.9. The van der Waals surface area contributed by atoms with E-state index in [1.165, 1.54) is 52.0 Å². The number of nitrogens with zero attached hydrogens (tertiary/aromatic N) is 1. The first-order valence-electron chi connectivity index (χ1n) is 23.8. The van der Waals surface area contributed by atoms with Crippen LogP contribution in [-0.2, 0) is 62.0 Å². The van der Waals surface area contributed by atoms with Crippen molar-refractivity contribution in [1.29, 1.82) is 0 Å². The minimum Gasteiger partial charge on any atom is -0.455 e. The number of rotatable bonds is 14. The number of ether oxygens (including phenoxy) is 6. The summed E-state index contributed by atoms with van der Waals surface area (Å²) in [6.07, 6.45) is -9.70. The molecule has 2 bridgehead atoms. The van der Waals surface area contributed by atoms with Gasteiger partial charge in [-0.1, -0.05) is 80.6 Å². The van der Waals surface area contributed by atoms with Gasteiger partial charge >= 0.3 is 29.8 Å². The Kier molecular flexibility index (Phi) is 14.2. The van der Waals surface area contributed by atoms with Crippen LogP contribution >= 0.6 is 0 Å². The van der Waals surface area contributed by atoms with Crippen LogP contribution in [0.15, 0.2) is 114 Å². The van der Waals surface area contributed by atoms with Gasteiger partial charge in [0, 0.05) is 56.4 Å². The summed E-state index contributed by atoms with van der Waals surface area (Å²) in [5.41, 5.74) is -7.82. The molecule has 3 aliphatic carbocycles. The number of ketones is 1. The zero-order chi connectivity index (χ0) is 52.8. The molecule has 5 aliphatic rings. The van der Waals surface area contributed by atoms with E-state index < -0.39 is 143 Å². The maximum Gasteiger partial charge on any atom is 0.350 e. The van der Waals surface area contributed by atoms with Crippen molar-refractivity contribution in [3.05, 3.63) is 131 Å². The van der Waals surface area contributed by atoms with E-state index >= 15 is 9.59 Å². The normalized spacial score (nSPS) is 29.7. The molecule has 3 fully saturated rings. The molecular weight excluding hydrogens is 949 g/mol. The van der Waals surface area contributed by atoms with E-state index in [4.69, 9.17) is 28.4 Å². The van der Waals surface area contributed by atoms with Gasteiger partial charge in [-0.15, -0.1) is 0 Å². The Morgan fingerprint density at radius 3 is 1.96 bits per heavy atom. The number of hydrogen-bond acceptors (Lipinski definition) is 17. The molecule has 1 saturated heterocycles. The maximum absolute atomic E-state index is 15.7. The molecule has 73 heavy (non-hydrogen) atoms. The van der Waals surface area contributed by atoms with Crippen molar-refractivity contribution in [2.45, 2.75) is 115 Å². The summed E-state index contributed by atoms with van der Waals surface area (Å²) in [5.74, 6) is -9.76. The van der Waals surface area contributed by atoms with Crippen LogP contribution in [0.2, 0.25) is 0 Å². The van der Waals surface area contributed by atoms with Crippen LogP contribution < -0.4 is 5.32 Å². The van der Waals surface area contributed by atoms with Crippen LogP contribution in [0.3, 0.4) is 0 Å². The standard InChI is InChI=1S/C54H56N2O17/c1-29-35(70-50(66)44(71-40(62)24-25-56-38(60)22-23-39(56)61)42(32-16-10-7-11-17-32)55-48(64)33-18-12-8-13-19-33)27-54(67)47(72-49(65)34-20-14-9-15-21-34)45-52(6,36(59)26-37-53(45,28-68-37)73-31(3)58)46(63)43(69-30(2)57)41(29)51(54,4)5/h7-23,35-37,42-45,47,59,67H,24-28H2,1-6H3,(H,55,64)/t35?,36-,37+,42?,43+,44?,45?,47?,52+,53-,54+/m0/s1. The lowest BCUT2D eigenvalue weighted by molar-refractivity contribution is -0.346. The molecule has 5 unspecified atom stereocenters. The average Bonchev–Trinajstić information content (AvgIpc) is 3.68. The third-order valence-electron chi connectivity index (χ3n) is 15.2. The van der Waals surface area contributed by atoms with Gasteiger partial charge in [0.05, 0.1) is 36.0 Å². The summed E-state index contributed by atoms with van der Waals surface area (Å²) in [7, 11) is 0. The number of amides is 3. The molecule has 384 valence electrons. The number of imide groups is 1. The van der Waals surface area contributed by atoms with Gasteiger partial charge in [0.2, 0.25) is 6.10 Å². The van der Waals surface area contributed by atoms with Gasteiger partial charge in [0.25, 0.3) is 17.7 Å². The minimum atomic E-state index is -2.51. The second kappa shape index (κ2) is 19.9. The van der Waals surface area contributed by atoms with Crippen LogP contribution in [0.25, 0.3) is 0 Å². The molecule has 0 aromatic heterocycles. The summed E-state index contributed by atoms with van der Waals surface area (Å²) in [4.78, 5) is 125. The SMILES string of the molecule is CC(=O)O[C@H]1C(=O)[C@@]2(C)C(C(OC(=O)c3ccccc3)[C@]3(O)CC(OC(=O)C(OC(=O)CCN4C(=O)C=CC4=O)C(NC(=O)c4ccccc4)c4ccccc4)C(C)=C1C3(C)C)[C@]1(OC(C)=O)CO[C@@H]1C[C@@H]2O. The van der Waals surface area contributed by atoms with Gasteiger partial charge in [-0.05, 0) is 54.8 Å². The molecule has 19 heteroatoms. The number of esters is 5. The number of aliphatic hydroxyl groups is 2. The molecule has 8 rings (SSSR count). The number of benzene rings is 3. The van der Waals surface area contributed by atoms with Crippen molar-refractivity contribution < 1.29 is 81.8 Å². The largest absolute Gasteiger partial charge is 0.455 e. The maximum atomic E-state index is 15.7. The van der Waals surface area contributed by atoms with Gasteiger partial charge in [0.1, 0.15) is 30.0 Å². The summed E-state index contributed by atoms with van der Waals surface area (Å²) in [5, 5.41) is 28.9. The first kappa shape index (κ1) is 52.0. The third-order valence-corrected chi connectivity index (χ3v) is 15.2. The third kappa shape index (κ3) is 9.25. The number of aliphatic hydroxyl groups excluding tert-OH is 1. The summed E-state index contributed by atoms with van der Waals surface area (Å²) in [6.45, 7) is 7.26. The fraction of sp³-hybridized carbons (Fsp3) is 0.426. The highest BCUT2D eigenvalue weighted by Gasteiger charge is 2.78. The minimum absolute atomic E-state index is 0.0192. The number of nitrogens with one attached hydrogen (secondary N) is 1. The number of carbonyl (C=O) groups is 9. The molecule has 3 aromatic carbocycles. The van der Waals surface area contributed by atoms with Crippen molar-refractivity contribution in [1.82, 2.24) is 10.2 Å². The van der Waals surface area contributed by atoms with Crippen molar-refractivity contribution in [3.8, 4) is 0 Å². The van der Waals surface area contributed by atoms with E-state index in [-0.39, 0.29) is 40.9 Å². The van der Waals surface area contributed by atoms with Crippen LogP contribution in [0.1, 0.15) is 93.1 Å². The van der Waals surface area contributed by atoms with Gasteiger partial charge in [-0.3, -0.25) is 38.5 Å². The highest BCUT2D eigenvalue weighted by atomic mass is 16.6.